The minimum Gasteiger partial charge on any atom is -0.478 e. The van der Waals surface area contributed by atoms with E-state index in [4.69, 9.17) is 21.4 Å². The van der Waals surface area contributed by atoms with Gasteiger partial charge in [-0.25, -0.2) is 4.79 Å². The molecule has 0 bridgehead atoms. The summed E-state index contributed by atoms with van der Waals surface area (Å²) in [6, 6.07) is 4.44. The van der Waals surface area contributed by atoms with Crippen LogP contribution >= 0.6 is 11.6 Å². The molecule has 1 aliphatic rings. The van der Waals surface area contributed by atoms with Crippen molar-refractivity contribution in [3.8, 4) is 0 Å². The smallest absolute Gasteiger partial charge is 0.337 e. The Kier molecular flexibility index (Phi) is 4.60. The molecule has 3 atom stereocenters. The molecule has 0 aliphatic carbocycles. The van der Waals surface area contributed by atoms with Gasteiger partial charge in [0.1, 0.15) is 0 Å². The average Bonchev–Trinajstić information content (AvgIpc) is 2.74. The van der Waals surface area contributed by atoms with E-state index in [0.29, 0.717) is 10.6 Å². The van der Waals surface area contributed by atoms with Crippen LogP contribution in [0.15, 0.2) is 23.1 Å². The first-order valence-electron chi connectivity index (χ1n) is 6.04. The second-order valence-electron chi connectivity index (χ2n) is 4.61. The van der Waals surface area contributed by atoms with Gasteiger partial charge in [-0.2, -0.15) is 0 Å². The molecule has 3 unspecified atom stereocenters. The molecular weight excluding hydrogens is 288 g/mol. The zero-order valence-electron chi connectivity index (χ0n) is 10.5. The van der Waals surface area contributed by atoms with Gasteiger partial charge in [-0.1, -0.05) is 11.6 Å². The fraction of sp³-hybridized carbons (Fsp3) is 0.462. The monoisotopic (exact) mass is 302 g/mol. The van der Waals surface area contributed by atoms with E-state index in [1.54, 1.807) is 6.07 Å². The number of benzene rings is 1. The molecule has 104 valence electrons. The van der Waals surface area contributed by atoms with Gasteiger partial charge in [-0.15, -0.1) is 0 Å². The number of hydrogen-bond donors (Lipinski definition) is 1. The molecule has 0 spiro atoms. The Morgan fingerprint density at radius 1 is 1.53 bits per heavy atom. The lowest BCUT2D eigenvalue weighted by atomic mass is 10.2. The van der Waals surface area contributed by atoms with Crippen molar-refractivity contribution >= 4 is 28.4 Å². The van der Waals surface area contributed by atoms with Crippen LogP contribution in [-0.2, 0) is 15.5 Å². The van der Waals surface area contributed by atoms with E-state index in [-0.39, 0.29) is 22.8 Å². The molecule has 1 aromatic carbocycles. The number of hydrogen-bond acceptors (Lipinski definition) is 3. The van der Waals surface area contributed by atoms with Crippen LogP contribution in [-0.4, -0.2) is 33.2 Å². The number of ether oxygens (including phenoxy) is 1. The summed E-state index contributed by atoms with van der Waals surface area (Å²) in [5.74, 6) is -0.722. The highest BCUT2D eigenvalue weighted by molar-refractivity contribution is 7.85. The summed E-state index contributed by atoms with van der Waals surface area (Å²) in [6.45, 7) is 1.99. The molecule has 4 nitrogen and oxygen atoms in total. The van der Waals surface area contributed by atoms with Crippen molar-refractivity contribution in [2.45, 2.75) is 36.9 Å². The Balaban J connectivity index is 2.11. The molecule has 0 saturated carbocycles. The van der Waals surface area contributed by atoms with Crippen LogP contribution in [0.5, 0.6) is 0 Å². The predicted molar refractivity (Wildman–Crippen MR) is 73.3 cm³/mol. The maximum atomic E-state index is 12.2. The second kappa shape index (κ2) is 6.03. The fourth-order valence-electron chi connectivity index (χ4n) is 2.08. The molecular formula is C13H15ClO4S. The van der Waals surface area contributed by atoms with Gasteiger partial charge in [0.25, 0.3) is 0 Å². The maximum Gasteiger partial charge on any atom is 0.337 e. The lowest BCUT2D eigenvalue weighted by molar-refractivity contribution is 0.0692. The normalized spacial score (nSPS) is 24.3. The maximum absolute atomic E-state index is 12.2. The summed E-state index contributed by atoms with van der Waals surface area (Å²) in [7, 11) is -1.27. The largest absolute Gasteiger partial charge is 0.478 e. The Hall–Kier alpha value is -0.910. The van der Waals surface area contributed by atoms with Crippen molar-refractivity contribution in [1.29, 1.82) is 0 Å². The third-order valence-electron chi connectivity index (χ3n) is 3.09. The molecule has 0 aromatic heterocycles. The standard InChI is InChI=1S/C13H15ClO4S/c1-8-2-3-9(18-8)7-19(17)10-4-5-12(14)11(6-10)13(15)16/h4-6,8-9H,2-3,7H2,1H3,(H,15,16). The van der Waals surface area contributed by atoms with Crippen molar-refractivity contribution in [3.63, 3.8) is 0 Å². The van der Waals surface area contributed by atoms with Gasteiger partial charge in [0.2, 0.25) is 0 Å². The van der Waals surface area contributed by atoms with Crippen molar-refractivity contribution in [1.82, 2.24) is 0 Å². The third-order valence-corrected chi connectivity index (χ3v) is 4.87. The van der Waals surface area contributed by atoms with Crippen LogP contribution < -0.4 is 0 Å². The summed E-state index contributed by atoms with van der Waals surface area (Å²) in [5.41, 5.74) is -0.0202. The molecule has 1 aromatic rings. The zero-order chi connectivity index (χ0) is 14.0. The van der Waals surface area contributed by atoms with Gasteiger partial charge in [-0.3, -0.25) is 4.21 Å². The average molecular weight is 303 g/mol. The van der Waals surface area contributed by atoms with Gasteiger partial charge >= 0.3 is 5.97 Å². The van der Waals surface area contributed by atoms with Crippen LogP contribution in [0.1, 0.15) is 30.1 Å². The highest BCUT2D eigenvalue weighted by atomic mass is 35.5. The van der Waals surface area contributed by atoms with Crippen LogP contribution in [0.25, 0.3) is 0 Å². The second-order valence-corrected chi connectivity index (χ2v) is 6.51. The van der Waals surface area contributed by atoms with Crippen LogP contribution in [0.4, 0.5) is 0 Å². The van der Waals surface area contributed by atoms with E-state index >= 15 is 0 Å². The topological polar surface area (TPSA) is 63.6 Å². The first-order valence-corrected chi connectivity index (χ1v) is 7.73. The van der Waals surface area contributed by atoms with Crippen LogP contribution in [0.3, 0.4) is 0 Å². The van der Waals surface area contributed by atoms with Crippen molar-refractivity contribution in [3.05, 3.63) is 28.8 Å². The number of rotatable bonds is 4. The minimum absolute atomic E-state index is 0.0141. The number of halogens is 1. The summed E-state index contributed by atoms with van der Waals surface area (Å²) < 4.78 is 17.8. The third kappa shape index (κ3) is 3.55. The number of carboxylic acids is 1. The van der Waals surface area contributed by atoms with E-state index in [1.165, 1.54) is 12.1 Å². The molecule has 6 heteroatoms. The van der Waals surface area contributed by atoms with E-state index in [1.807, 2.05) is 6.92 Å². The Morgan fingerprint density at radius 2 is 2.26 bits per heavy atom. The van der Waals surface area contributed by atoms with Gasteiger partial charge in [0.15, 0.2) is 0 Å². The van der Waals surface area contributed by atoms with Crippen LogP contribution in [0, 0.1) is 0 Å². The summed E-state index contributed by atoms with van der Waals surface area (Å²) >= 11 is 5.78. The molecule has 1 fully saturated rings. The van der Waals surface area contributed by atoms with Crippen molar-refractivity contribution in [2.75, 3.05) is 5.75 Å². The lowest BCUT2D eigenvalue weighted by Crippen LogP contribution is -2.17. The molecule has 1 N–H and O–H groups in total. The first-order chi connectivity index (χ1) is 8.97. The Bertz CT molecular complexity index is 517. The van der Waals surface area contributed by atoms with E-state index < -0.39 is 16.8 Å². The number of carbonyl (C=O) groups is 1. The van der Waals surface area contributed by atoms with E-state index in [2.05, 4.69) is 0 Å². The minimum atomic E-state index is -1.27. The molecule has 1 saturated heterocycles. The van der Waals surface area contributed by atoms with Gasteiger partial charge in [0, 0.05) is 4.90 Å². The highest BCUT2D eigenvalue weighted by Gasteiger charge is 2.24. The molecule has 1 aliphatic heterocycles. The van der Waals surface area contributed by atoms with Gasteiger partial charge in [-0.05, 0) is 38.0 Å². The van der Waals surface area contributed by atoms with Crippen molar-refractivity contribution < 1.29 is 18.8 Å². The SMILES string of the molecule is CC1CCC(CS(=O)c2ccc(Cl)c(C(=O)O)c2)O1. The van der Waals surface area contributed by atoms with Gasteiger partial charge in [0.05, 0.1) is 39.3 Å². The Labute approximate surface area is 119 Å². The summed E-state index contributed by atoms with van der Waals surface area (Å²) in [4.78, 5) is 11.5. The number of aromatic carboxylic acids is 1. The molecule has 0 amide bonds. The van der Waals surface area contributed by atoms with E-state index in [9.17, 15) is 9.00 Å². The van der Waals surface area contributed by atoms with Crippen molar-refractivity contribution in [2.24, 2.45) is 0 Å². The predicted octanol–water partition coefficient (Wildman–Crippen LogP) is 2.71. The number of carboxylic acid groups (broad SMARTS) is 1. The quantitative estimate of drug-likeness (QED) is 0.929. The van der Waals surface area contributed by atoms with E-state index in [0.717, 1.165) is 12.8 Å². The van der Waals surface area contributed by atoms with Crippen LogP contribution in [0.2, 0.25) is 5.02 Å². The Morgan fingerprint density at radius 3 is 2.84 bits per heavy atom. The zero-order valence-corrected chi connectivity index (χ0v) is 12.0. The first kappa shape index (κ1) is 14.5. The lowest BCUT2D eigenvalue weighted by Gasteiger charge is -2.11. The molecule has 1 heterocycles. The fourth-order valence-corrected chi connectivity index (χ4v) is 3.53. The summed E-state index contributed by atoms with van der Waals surface area (Å²) in [5, 5.41) is 9.13. The molecule has 2 rings (SSSR count). The molecule has 0 radical (unpaired) electrons. The highest BCUT2D eigenvalue weighted by Crippen LogP contribution is 2.23. The van der Waals surface area contributed by atoms with Gasteiger partial charge < -0.3 is 9.84 Å². The molecule has 19 heavy (non-hydrogen) atoms. The summed E-state index contributed by atoms with van der Waals surface area (Å²) in [6.07, 6.45) is 2.07.